The first-order chi connectivity index (χ1) is 12.1. The highest BCUT2D eigenvalue weighted by Crippen LogP contribution is 2.26. The van der Waals surface area contributed by atoms with Gasteiger partial charge in [-0.05, 0) is 17.7 Å². The third kappa shape index (κ3) is 3.85. The van der Waals surface area contributed by atoms with Crippen LogP contribution in [0.5, 0.6) is 0 Å². The Hall–Kier alpha value is -3.59. The van der Waals surface area contributed by atoms with Gasteiger partial charge in [-0.3, -0.25) is 9.59 Å². The molecule has 3 rings (SSSR count). The molecule has 2 aromatic rings. The van der Waals surface area contributed by atoms with Crippen LogP contribution >= 0.6 is 0 Å². The zero-order valence-corrected chi connectivity index (χ0v) is 13.2. The second-order valence-corrected chi connectivity index (χ2v) is 5.23. The zero-order valence-electron chi connectivity index (χ0n) is 13.2. The molecule has 2 N–H and O–H groups in total. The molecule has 0 unspecified atom stereocenters. The van der Waals surface area contributed by atoms with Gasteiger partial charge in [0.2, 0.25) is 0 Å². The fraction of sp³-hybridized carbons (Fsp3) is 0.105. The molecule has 6 heteroatoms. The van der Waals surface area contributed by atoms with Gasteiger partial charge in [-0.1, -0.05) is 48.2 Å². The van der Waals surface area contributed by atoms with Crippen molar-refractivity contribution in [1.29, 1.82) is 0 Å². The number of rotatable bonds is 3. The topological polar surface area (TPSA) is 84.5 Å². The maximum Gasteiger partial charge on any atom is 0.408 e. The number of para-hydroxylation sites is 1. The van der Waals surface area contributed by atoms with Crippen LogP contribution in [0.2, 0.25) is 0 Å². The Morgan fingerprint density at radius 3 is 2.68 bits per heavy atom. The van der Waals surface area contributed by atoms with Gasteiger partial charge in [-0.2, -0.15) is 0 Å². The summed E-state index contributed by atoms with van der Waals surface area (Å²) in [6, 6.07) is 14.3. The van der Waals surface area contributed by atoms with Gasteiger partial charge in [-0.25, -0.2) is 4.79 Å². The van der Waals surface area contributed by atoms with E-state index >= 15 is 0 Å². The van der Waals surface area contributed by atoms with Crippen molar-refractivity contribution in [2.24, 2.45) is 0 Å². The van der Waals surface area contributed by atoms with Crippen molar-refractivity contribution in [3.8, 4) is 11.8 Å². The van der Waals surface area contributed by atoms with Gasteiger partial charge in [0.25, 0.3) is 11.7 Å². The molecule has 1 aliphatic heterocycles. The van der Waals surface area contributed by atoms with E-state index in [4.69, 9.17) is 4.74 Å². The normalized spacial score (nSPS) is 11.8. The maximum atomic E-state index is 11.6. The minimum atomic E-state index is -0.660. The van der Waals surface area contributed by atoms with Crippen molar-refractivity contribution in [1.82, 2.24) is 5.32 Å². The smallest absolute Gasteiger partial charge is 0.408 e. The molecule has 0 saturated carbocycles. The monoisotopic (exact) mass is 334 g/mol. The van der Waals surface area contributed by atoms with Crippen molar-refractivity contribution in [3.05, 3.63) is 65.2 Å². The molecule has 0 spiro atoms. The lowest BCUT2D eigenvalue weighted by Gasteiger charge is -2.04. The van der Waals surface area contributed by atoms with Crippen LogP contribution in [0.1, 0.15) is 21.5 Å². The number of benzene rings is 2. The van der Waals surface area contributed by atoms with Crippen LogP contribution in [0.4, 0.5) is 10.5 Å². The van der Waals surface area contributed by atoms with E-state index in [0.29, 0.717) is 16.8 Å². The Morgan fingerprint density at radius 1 is 1.08 bits per heavy atom. The lowest BCUT2D eigenvalue weighted by atomic mass is 10.1. The minimum Gasteiger partial charge on any atom is -0.445 e. The summed E-state index contributed by atoms with van der Waals surface area (Å²) in [5.41, 5.74) is 2.14. The Bertz CT molecular complexity index is 895. The van der Waals surface area contributed by atoms with Crippen molar-refractivity contribution in [2.75, 3.05) is 11.9 Å². The van der Waals surface area contributed by atoms with Gasteiger partial charge in [-0.15, -0.1) is 0 Å². The second kappa shape index (κ2) is 7.32. The summed E-state index contributed by atoms with van der Waals surface area (Å²) < 4.78 is 5.06. The summed E-state index contributed by atoms with van der Waals surface area (Å²) in [4.78, 5) is 34.6. The fourth-order valence-corrected chi connectivity index (χ4v) is 2.30. The van der Waals surface area contributed by atoms with E-state index in [-0.39, 0.29) is 13.2 Å². The Kier molecular flexibility index (Phi) is 4.77. The molecule has 124 valence electrons. The van der Waals surface area contributed by atoms with E-state index in [1.807, 2.05) is 30.3 Å². The largest absolute Gasteiger partial charge is 0.445 e. The van der Waals surface area contributed by atoms with Crippen LogP contribution in [0.15, 0.2) is 48.5 Å². The predicted molar refractivity (Wildman–Crippen MR) is 90.9 cm³/mol. The number of fused-ring (bicyclic) bond motifs is 1. The fourth-order valence-electron chi connectivity index (χ4n) is 2.30. The Balaban J connectivity index is 1.53. The highest BCUT2D eigenvalue weighted by atomic mass is 16.5. The maximum absolute atomic E-state index is 11.6. The molecule has 0 fully saturated rings. The molecule has 0 bridgehead atoms. The molecule has 25 heavy (non-hydrogen) atoms. The van der Waals surface area contributed by atoms with E-state index < -0.39 is 17.8 Å². The number of Topliss-reactive ketones (excluding diaryl/α,β-unsaturated/α-hetero) is 1. The first-order valence-electron chi connectivity index (χ1n) is 7.57. The third-order valence-electron chi connectivity index (χ3n) is 3.51. The molecule has 0 aromatic heterocycles. The number of ether oxygens (including phenoxy) is 1. The number of hydrogen-bond acceptors (Lipinski definition) is 4. The number of carbonyl (C=O) groups is 3. The first-order valence-corrected chi connectivity index (χ1v) is 7.57. The quantitative estimate of drug-likeness (QED) is 0.665. The average Bonchev–Trinajstić information content (AvgIpc) is 2.93. The zero-order chi connectivity index (χ0) is 17.6. The molecule has 0 radical (unpaired) electrons. The summed E-state index contributed by atoms with van der Waals surface area (Å²) >= 11 is 0. The molecule has 6 nitrogen and oxygen atoms in total. The van der Waals surface area contributed by atoms with Crippen molar-refractivity contribution < 1.29 is 19.1 Å². The molecule has 0 atom stereocenters. The molecule has 1 aliphatic rings. The van der Waals surface area contributed by atoms with Crippen molar-refractivity contribution >= 4 is 23.5 Å². The minimum absolute atomic E-state index is 0.0825. The molecule has 2 aromatic carbocycles. The number of ketones is 1. The lowest BCUT2D eigenvalue weighted by Crippen LogP contribution is -2.24. The number of alkyl carbamates (subject to hydrolysis) is 1. The first kappa shape index (κ1) is 16.3. The van der Waals surface area contributed by atoms with Crippen LogP contribution in [-0.2, 0) is 16.1 Å². The summed E-state index contributed by atoms with van der Waals surface area (Å²) in [7, 11) is 0. The van der Waals surface area contributed by atoms with E-state index in [0.717, 1.165) is 5.56 Å². The van der Waals surface area contributed by atoms with E-state index in [1.54, 1.807) is 18.2 Å². The van der Waals surface area contributed by atoms with Crippen LogP contribution in [0, 0.1) is 11.8 Å². The summed E-state index contributed by atoms with van der Waals surface area (Å²) in [5, 5.41) is 5.02. The van der Waals surface area contributed by atoms with Crippen molar-refractivity contribution in [3.63, 3.8) is 0 Å². The molecule has 0 aliphatic carbocycles. The SMILES string of the molecule is O=C(NCC#Cc1cccc2c1NC(=O)C2=O)OCc1ccccc1. The van der Waals surface area contributed by atoms with E-state index in [1.165, 1.54) is 0 Å². The summed E-state index contributed by atoms with van der Waals surface area (Å²) in [6.45, 7) is 0.264. The summed E-state index contributed by atoms with van der Waals surface area (Å²) in [5.74, 6) is 4.37. The standard InChI is InChI=1S/C19H14N2O4/c22-17-15-10-4-8-14(16(15)21-18(17)23)9-5-11-20-19(24)25-12-13-6-2-1-3-7-13/h1-4,6-8,10H,11-12H2,(H,20,24)(H,21,22,23). The van der Waals surface area contributed by atoms with E-state index in [2.05, 4.69) is 22.5 Å². The van der Waals surface area contributed by atoms with Gasteiger partial charge < -0.3 is 15.4 Å². The molecular weight excluding hydrogens is 320 g/mol. The van der Waals surface area contributed by atoms with Gasteiger partial charge in [0.05, 0.1) is 17.8 Å². The number of nitrogens with one attached hydrogen (secondary N) is 2. The highest BCUT2D eigenvalue weighted by Gasteiger charge is 2.29. The number of amides is 2. The van der Waals surface area contributed by atoms with Crippen molar-refractivity contribution in [2.45, 2.75) is 6.61 Å². The lowest BCUT2D eigenvalue weighted by molar-refractivity contribution is -0.112. The van der Waals surface area contributed by atoms with Gasteiger partial charge >= 0.3 is 6.09 Å². The Morgan fingerprint density at radius 2 is 1.88 bits per heavy atom. The molecule has 1 heterocycles. The van der Waals surface area contributed by atoms with Crippen LogP contribution in [-0.4, -0.2) is 24.3 Å². The third-order valence-corrected chi connectivity index (χ3v) is 3.51. The van der Waals surface area contributed by atoms with Crippen LogP contribution in [0.3, 0.4) is 0 Å². The molecule has 0 saturated heterocycles. The average molecular weight is 334 g/mol. The predicted octanol–water partition coefficient (Wildman–Crippen LogP) is 2.10. The van der Waals surface area contributed by atoms with Gasteiger partial charge in [0.1, 0.15) is 6.61 Å². The number of carbonyl (C=O) groups excluding carboxylic acids is 3. The van der Waals surface area contributed by atoms with Gasteiger partial charge in [0, 0.05) is 5.56 Å². The molecule has 2 amide bonds. The highest BCUT2D eigenvalue weighted by molar-refractivity contribution is 6.51. The number of hydrogen-bond donors (Lipinski definition) is 2. The summed E-state index contributed by atoms with van der Waals surface area (Å²) in [6.07, 6.45) is -0.570. The molecular formula is C19H14N2O4. The second-order valence-electron chi connectivity index (χ2n) is 5.23. The van der Waals surface area contributed by atoms with Gasteiger partial charge in [0.15, 0.2) is 0 Å². The number of anilines is 1. The van der Waals surface area contributed by atoms with Crippen LogP contribution < -0.4 is 10.6 Å². The van der Waals surface area contributed by atoms with E-state index in [9.17, 15) is 14.4 Å². The van der Waals surface area contributed by atoms with Crippen LogP contribution in [0.25, 0.3) is 0 Å². The Labute approximate surface area is 144 Å².